The van der Waals surface area contributed by atoms with Gasteiger partial charge in [-0.15, -0.1) is 0 Å². The second-order valence-corrected chi connectivity index (χ2v) is 1.00. The van der Waals surface area contributed by atoms with Gasteiger partial charge in [0.25, 0.3) is 0 Å². The van der Waals surface area contributed by atoms with Crippen molar-refractivity contribution in [3.8, 4) is 0 Å². The van der Waals surface area contributed by atoms with E-state index in [1.54, 1.807) is 0 Å². The first kappa shape index (κ1) is 15.8. The summed E-state index contributed by atoms with van der Waals surface area (Å²) in [5.74, 6) is 0. The molecule has 7 heavy (non-hydrogen) atoms. The molecule has 0 aromatic carbocycles. The van der Waals surface area contributed by atoms with E-state index in [1.165, 1.54) is 0 Å². The highest BCUT2D eigenvalue weighted by atomic mass is 14.7. The van der Waals surface area contributed by atoms with E-state index in [0.717, 1.165) is 0 Å². The molecule has 0 aromatic rings. The molecule has 0 aliphatic heterocycles. The number of rotatable bonds is 0. The lowest BCUT2D eigenvalue weighted by atomic mass is 11.3. The highest BCUT2D eigenvalue weighted by Gasteiger charge is 1.26. The van der Waals surface area contributed by atoms with Crippen molar-refractivity contribution in [3.05, 3.63) is 0 Å². The third-order valence-corrected chi connectivity index (χ3v) is 0. The van der Waals surface area contributed by atoms with Gasteiger partial charge in [0.1, 0.15) is 0 Å². The number of nitrogens with one attached hydrogen (secondary N) is 2. The van der Waals surface area contributed by atoms with E-state index in [9.17, 15) is 0 Å². The van der Waals surface area contributed by atoms with Crippen molar-refractivity contribution >= 4 is 0 Å². The van der Waals surface area contributed by atoms with E-state index < -0.39 is 0 Å². The smallest absolute Gasteiger partial charge is 0.0167 e. The minimum absolute atomic E-state index is 0. The fraction of sp³-hybridized carbons (Fsp3) is 1.00. The Balaban J connectivity index is -0.0000000400. The summed E-state index contributed by atoms with van der Waals surface area (Å²) in [6.07, 6.45) is 0. The van der Waals surface area contributed by atoms with Gasteiger partial charge in [-0.25, -0.2) is 0 Å². The maximum Gasteiger partial charge on any atom is -0.0167 e. The van der Waals surface area contributed by atoms with Crippen molar-refractivity contribution in [1.29, 1.82) is 0 Å². The molecule has 0 atom stereocenters. The zero-order valence-corrected chi connectivity index (χ0v) is 5.00. The molecule has 0 heterocycles. The molecule has 0 spiro atoms. The zero-order chi connectivity index (χ0) is 5.41. The van der Waals surface area contributed by atoms with E-state index >= 15 is 0 Å². The summed E-state index contributed by atoms with van der Waals surface area (Å²) in [4.78, 5) is 0. The molecule has 0 unspecified atom stereocenters. The fourth-order valence-electron chi connectivity index (χ4n) is 0. The molecule has 0 saturated heterocycles. The molecule has 0 radical (unpaired) electrons. The number of hydrogen-bond acceptors (Lipinski definition) is 2. The average molecular weight is 106 g/mol. The lowest BCUT2D eigenvalue weighted by Crippen LogP contribution is -1.89. The Morgan fingerprint density at radius 2 is 0.714 bits per heavy atom. The van der Waals surface area contributed by atoms with Gasteiger partial charge in [0.05, 0.1) is 0 Å². The van der Waals surface area contributed by atoms with Gasteiger partial charge in [-0.3, -0.25) is 0 Å². The summed E-state index contributed by atoms with van der Waals surface area (Å²) in [6.45, 7) is 0. The van der Waals surface area contributed by atoms with Crippen LogP contribution in [0.5, 0.6) is 0 Å². The Bertz CT molecular complexity index is 8.04. The van der Waals surface area contributed by atoms with E-state index in [4.69, 9.17) is 0 Å². The van der Waals surface area contributed by atoms with Crippen LogP contribution in [0, 0.1) is 0 Å². The molecule has 2 nitrogen and oxygen atoms in total. The van der Waals surface area contributed by atoms with Crippen molar-refractivity contribution in [3.63, 3.8) is 0 Å². The molecule has 0 aromatic heterocycles. The highest BCUT2D eigenvalue weighted by molar-refractivity contribution is 3.91. The first-order valence-electron chi connectivity index (χ1n) is 2.00. The predicted molar refractivity (Wildman–Crippen MR) is 36.7 cm³/mol. The Hall–Kier alpha value is -0.0800. The van der Waals surface area contributed by atoms with E-state index in [-0.39, 0.29) is 7.43 Å². The maximum absolute atomic E-state index is 2.75. The van der Waals surface area contributed by atoms with Crippen LogP contribution in [0.3, 0.4) is 0 Å². The quantitative estimate of drug-likeness (QED) is 0.464. The van der Waals surface area contributed by atoms with Crippen LogP contribution < -0.4 is 10.6 Å². The Morgan fingerprint density at radius 1 is 0.714 bits per heavy atom. The molecule has 0 bridgehead atoms. The van der Waals surface area contributed by atoms with Gasteiger partial charge < -0.3 is 10.6 Å². The summed E-state index contributed by atoms with van der Waals surface area (Å²) in [5, 5.41) is 5.50. The van der Waals surface area contributed by atoms with Gasteiger partial charge >= 0.3 is 0 Å². The van der Waals surface area contributed by atoms with Crippen molar-refractivity contribution < 1.29 is 0 Å². The van der Waals surface area contributed by atoms with Crippen LogP contribution >= 0.6 is 0 Å². The molecule has 0 saturated carbocycles. The van der Waals surface area contributed by atoms with Gasteiger partial charge in [-0.05, 0) is 28.2 Å². The SMILES string of the molecule is C.CNC.CNC. The summed E-state index contributed by atoms with van der Waals surface area (Å²) < 4.78 is 0. The third kappa shape index (κ3) is 14200. The molecular formula is C5H18N2. The van der Waals surface area contributed by atoms with Crippen LogP contribution in [0.25, 0.3) is 0 Å². The third-order valence-electron chi connectivity index (χ3n) is 0. The second-order valence-electron chi connectivity index (χ2n) is 1.00. The molecule has 0 fully saturated rings. The minimum Gasteiger partial charge on any atom is -0.323 e. The first-order chi connectivity index (χ1) is 2.83. The maximum atomic E-state index is 2.75. The van der Waals surface area contributed by atoms with Gasteiger partial charge in [-0.2, -0.15) is 0 Å². The fourth-order valence-corrected chi connectivity index (χ4v) is 0. The largest absolute Gasteiger partial charge is 0.323 e. The van der Waals surface area contributed by atoms with Gasteiger partial charge in [0, 0.05) is 0 Å². The Morgan fingerprint density at radius 3 is 0.714 bits per heavy atom. The summed E-state index contributed by atoms with van der Waals surface area (Å²) in [7, 11) is 7.50. The molecule has 48 valence electrons. The molecule has 2 heteroatoms. The second kappa shape index (κ2) is 38.9. The van der Waals surface area contributed by atoms with Crippen LogP contribution in [-0.2, 0) is 0 Å². The van der Waals surface area contributed by atoms with Crippen LogP contribution in [0.15, 0.2) is 0 Å². The normalized spacial score (nSPS) is 5.14. The first-order valence-corrected chi connectivity index (χ1v) is 2.00. The van der Waals surface area contributed by atoms with Crippen molar-refractivity contribution in [2.75, 3.05) is 28.2 Å². The molecule has 0 rings (SSSR count). The molecule has 0 amide bonds. The molecule has 0 aliphatic rings. The van der Waals surface area contributed by atoms with Crippen molar-refractivity contribution in [2.24, 2.45) is 0 Å². The van der Waals surface area contributed by atoms with Crippen LogP contribution in [-0.4, -0.2) is 28.2 Å². The zero-order valence-electron chi connectivity index (χ0n) is 5.00. The van der Waals surface area contributed by atoms with E-state index in [1.807, 2.05) is 28.2 Å². The van der Waals surface area contributed by atoms with Crippen LogP contribution in [0.2, 0.25) is 0 Å². The van der Waals surface area contributed by atoms with Crippen molar-refractivity contribution in [1.82, 2.24) is 10.6 Å². The van der Waals surface area contributed by atoms with Crippen molar-refractivity contribution in [2.45, 2.75) is 7.43 Å². The molecule has 2 N–H and O–H groups in total. The topological polar surface area (TPSA) is 24.1 Å². The Kier molecular flexibility index (Phi) is 87.6. The van der Waals surface area contributed by atoms with Gasteiger partial charge in [-0.1, -0.05) is 7.43 Å². The molecular weight excluding hydrogens is 88.1 g/mol. The predicted octanol–water partition coefficient (Wildman–Crippen LogP) is 0.307. The van der Waals surface area contributed by atoms with Gasteiger partial charge in [0.2, 0.25) is 0 Å². The highest BCUT2D eigenvalue weighted by Crippen LogP contribution is 0.984. The van der Waals surface area contributed by atoms with E-state index in [0.29, 0.717) is 0 Å². The minimum atomic E-state index is 0. The molecule has 0 aliphatic carbocycles. The van der Waals surface area contributed by atoms with E-state index in [2.05, 4.69) is 10.6 Å². The lowest BCUT2D eigenvalue weighted by Gasteiger charge is -1.59. The standard InChI is InChI=1S/2C2H7N.CH4/c2*1-3-2;/h2*3H,1-2H3;1H4. The summed E-state index contributed by atoms with van der Waals surface area (Å²) >= 11 is 0. The van der Waals surface area contributed by atoms with Crippen LogP contribution in [0.4, 0.5) is 0 Å². The Labute approximate surface area is 47.3 Å². The summed E-state index contributed by atoms with van der Waals surface area (Å²) in [6, 6.07) is 0. The monoisotopic (exact) mass is 106 g/mol. The van der Waals surface area contributed by atoms with Gasteiger partial charge in [0.15, 0.2) is 0 Å². The summed E-state index contributed by atoms with van der Waals surface area (Å²) in [5.41, 5.74) is 0. The lowest BCUT2D eigenvalue weighted by molar-refractivity contribution is 1.02. The van der Waals surface area contributed by atoms with Crippen LogP contribution in [0.1, 0.15) is 7.43 Å². The number of hydrogen-bond donors (Lipinski definition) is 2. The average Bonchev–Trinajstić information content (AvgIpc) is 1.39.